The predicted molar refractivity (Wildman–Crippen MR) is 81.8 cm³/mol. The molecule has 0 bridgehead atoms. The van der Waals surface area contributed by atoms with Crippen molar-refractivity contribution in [3.8, 4) is 5.75 Å². The van der Waals surface area contributed by atoms with E-state index in [9.17, 15) is 5.11 Å². The fourth-order valence-electron chi connectivity index (χ4n) is 2.58. The number of aromatic nitrogens is 1. The number of pyridine rings is 1. The fraction of sp³-hybridized carbons (Fsp3) is 0.294. The SMILES string of the molecule is CC(=O)O.CC1(c2cccnc2)OCCc2cc(O)ccc21. The summed E-state index contributed by atoms with van der Waals surface area (Å²) in [5, 5.41) is 17.0. The van der Waals surface area contributed by atoms with Gasteiger partial charge in [0.25, 0.3) is 5.97 Å². The van der Waals surface area contributed by atoms with Crippen molar-refractivity contribution in [2.45, 2.75) is 25.9 Å². The number of hydrogen-bond donors (Lipinski definition) is 2. The predicted octanol–water partition coefficient (Wildman–Crippen LogP) is 2.71. The zero-order valence-corrected chi connectivity index (χ0v) is 12.6. The number of ether oxygens (including phenoxy) is 1. The van der Waals surface area contributed by atoms with Gasteiger partial charge in [0.1, 0.15) is 11.4 Å². The van der Waals surface area contributed by atoms with Crippen molar-refractivity contribution >= 4 is 5.97 Å². The number of carboxylic acids is 1. The lowest BCUT2D eigenvalue weighted by Gasteiger charge is -2.36. The first kappa shape index (κ1) is 16.0. The van der Waals surface area contributed by atoms with Gasteiger partial charge in [-0.3, -0.25) is 9.78 Å². The van der Waals surface area contributed by atoms with E-state index in [0.29, 0.717) is 12.4 Å². The Morgan fingerprint density at radius 3 is 2.73 bits per heavy atom. The van der Waals surface area contributed by atoms with Gasteiger partial charge in [-0.25, -0.2) is 0 Å². The molecule has 5 heteroatoms. The third-order valence-corrected chi connectivity index (χ3v) is 3.58. The number of carbonyl (C=O) groups is 1. The first-order valence-electron chi connectivity index (χ1n) is 7.00. The van der Waals surface area contributed by atoms with Crippen LogP contribution in [0.4, 0.5) is 0 Å². The Morgan fingerprint density at radius 2 is 2.09 bits per heavy atom. The quantitative estimate of drug-likeness (QED) is 0.846. The summed E-state index contributed by atoms with van der Waals surface area (Å²) in [5.74, 6) is -0.524. The van der Waals surface area contributed by atoms with Crippen LogP contribution in [0.25, 0.3) is 0 Å². The van der Waals surface area contributed by atoms with Gasteiger partial charge in [-0.05, 0) is 42.7 Å². The van der Waals surface area contributed by atoms with Gasteiger partial charge in [0.2, 0.25) is 0 Å². The fourth-order valence-corrected chi connectivity index (χ4v) is 2.58. The average molecular weight is 301 g/mol. The molecule has 1 aliphatic rings. The molecule has 1 aromatic carbocycles. The van der Waals surface area contributed by atoms with Crippen molar-refractivity contribution in [1.82, 2.24) is 4.98 Å². The number of benzene rings is 1. The standard InChI is InChI=1S/C15H15NO2.C2H4O2/c1-15(12-3-2-7-16-10-12)14-5-4-13(17)9-11(14)6-8-18-15;1-2(3)4/h2-5,7,9-10,17H,6,8H2,1H3;1H3,(H,3,4). The van der Waals surface area contributed by atoms with Crippen LogP contribution in [0, 0.1) is 0 Å². The maximum absolute atomic E-state index is 9.58. The maximum Gasteiger partial charge on any atom is 0.300 e. The van der Waals surface area contributed by atoms with Gasteiger partial charge in [-0.1, -0.05) is 12.1 Å². The van der Waals surface area contributed by atoms with E-state index in [2.05, 4.69) is 11.9 Å². The van der Waals surface area contributed by atoms with E-state index in [1.807, 2.05) is 30.5 Å². The Hall–Kier alpha value is -2.40. The van der Waals surface area contributed by atoms with Crippen LogP contribution in [0.1, 0.15) is 30.5 Å². The summed E-state index contributed by atoms with van der Waals surface area (Å²) in [7, 11) is 0. The lowest BCUT2D eigenvalue weighted by atomic mass is 9.83. The second-order valence-electron chi connectivity index (χ2n) is 5.23. The minimum atomic E-state index is -0.833. The molecule has 22 heavy (non-hydrogen) atoms. The van der Waals surface area contributed by atoms with Gasteiger partial charge in [0.05, 0.1) is 6.61 Å². The van der Waals surface area contributed by atoms with E-state index < -0.39 is 11.6 Å². The second kappa shape index (κ2) is 6.58. The van der Waals surface area contributed by atoms with Crippen molar-refractivity contribution in [3.05, 3.63) is 59.4 Å². The first-order valence-corrected chi connectivity index (χ1v) is 7.00. The molecule has 116 valence electrons. The zero-order chi connectivity index (χ0) is 16.2. The number of phenolic OH excluding ortho intramolecular Hbond substituents is 1. The smallest absolute Gasteiger partial charge is 0.300 e. The van der Waals surface area contributed by atoms with Crippen molar-refractivity contribution < 1.29 is 19.7 Å². The number of aliphatic carboxylic acids is 1. The van der Waals surface area contributed by atoms with Crippen molar-refractivity contribution in [3.63, 3.8) is 0 Å². The van der Waals surface area contributed by atoms with Gasteiger partial charge in [0.15, 0.2) is 0 Å². The zero-order valence-electron chi connectivity index (χ0n) is 12.6. The molecular weight excluding hydrogens is 282 g/mol. The molecular formula is C17H19NO4. The van der Waals surface area contributed by atoms with Crippen LogP contribution < -0.4 is 0 Å². The van der Waals surface area contributed by atoms with Crippen molar-refractivity contribution in [1.29, 1.82) is 0 Å². The third-order valence-electron chi connectivity index (χ3n) is 3.58. The highest BCUT2D eigenvalue weighted by Crippen LogP contribution is 2.39. The summed E-state index contributed by atoms with van der Waals surface area (Å²) in [6, 6.07) is 9.42. The van der Waals surface area contributed by atoms with Gasteiger partial charge in [-0.2, -0.15) is 0 Å². The van der Waals surface area contributed by atoms with Crippen LogP contribution in [0.3, 0.4) is 0 Å². The van der Waals surface area contributed by atoms with E-state index in [0.717, 1.165) is 30.0 Å². The first-order chi connectivity index (χ1) is 10.4. The van der Waals surface area contributed by atoms with Crippen molar-refractivity contribution in [2.24, 2.45) is 0 Å². The van der Waals surface area contributed by atoms with E-state index in [-0.39, 0.29) is 0 Å². The molecule has 1 aliphatic heterocycles. The Bertz CT molecular complexity index is 653. The van der Waals surface area contributed by atoms with Crippen LogP contribution in [-0.4, -0.2) is 27.8 Å². The normalized spacial score (nSPS) is 19.5. The summed E-state index contributed by atoms with van der Waals surface area (Å²) in [6.07, 6.45) is 4.43. The van der Waals surface area contributed by atoms with E-state index in [4.69, 9.17) is 14.6 Å². The summed E-state index contributed by atoms with van der Waals surface area (Å²) < 4.78 is 6.00. The van der Waals surface area contributed by atoms with Gasteiger partial charge in [-0.15, -0.1) is 0 Å². The highest BCUT2D eigenvalue weighted by atomic mass is 16.5. The Morgan fingerprint density at radius 1 is 1.36 bits per heavy atom. The van der Waals surface area contributed by atoms with Crippen LogP contribution in [0.2, 0.25) is 0 Å². The second-order valence-corrected chi connectivity index (χ2v) is 5.23. The summed E-state index contributed by atoms with van der Waals surface area (Å²) in [4.78, 5) is 13.2. The topological polar surface area (TPSA) is 79.7 Å². The highest BCUT2D eigenvalue weighted by molar-refractivity contribution is 5.62. The molecule has 2 heterocycles. The minimum absolute atomic E-state index is 0.309. The number of hydrogen-bond acceptors (Lipinski definition) is 4. The Kier molecular flexibility index (Phi) is 4.78. The largest absolute Gasteiger partial charge is 0.508 e. The monoisotopic (exact) mass is 301 g/mol. The third kappa shape index (κ3) is 3.43. The molecule has 5 nitrogen and oxygen atoms in total. The minimum Gasteiger partial charge on any atom is -0.508 e. The Balaban J connectivity index is 0.000000396. The van der Waals surface area contributed by atoms with Crippen LogP contribution in [-0.2, 0) is 21.6 Å². The van der Waals surface area contributed by atoms with E-state index in [1.54, 1.807) is 12.3 Å². The molecule has 0 saturated carbocycles. The molecule has 3 rings (SSSR count). The molecule has 2 aromatic rings. The molecule has 0 fully saturated rings. The average Bonchev–Trinajstić information content (AvgIpc) is 2.47. The number of rotatable bonds is 1. The van der Waals surface area contributed by atoms with Crippen LogP contribution in [0.15, 0.2) is 42.7 Å². The van der Waals surface area contributed by atoms with Crippen LogP contribution >= 0.6 is 0 Å². The summed E-state index contributed by atoms with van der Waals surface area (Å²) in [6.45, 7) is 3.79. The van der Waals surface area contributed by atoms with Gasteiger partial charge in [0, 0.05) is 24.9 Å². The molecule has 0 radical (unpaired) electrons. The molecule has 0 aliphatic carbocycles. The van der Waals surface area contributed by atoms with Crippen molar-refractivity contribution in [2.75, 3.05) is 6.61 Å². The molecule has 2 N–H and O–H groups in total. The Labute approximate surface area is 129 Å². The van der Waals surface area contributed by atoms with Gasteiger partial charge < -0.3 is 14.9 Å². The van der Waals surface area contributed by atoms with E-state index >= 15 is 0 Å². The number of aromatic hydroxyl groups is 1. The number of phenols is 1. The summed E-state index contributed by atoms with van der Waals surface area (Å²) in [5.41, 5.74) is 2.82. The van der Waals surface area contributed by atoms with E-state index in [1.165, 1.54) is 0 Å². The lowest BCUT2D eigenvalue weighted by molar-refractivity contribution is -0.134. The molecule has 1 atom stereocenters. The molecule has 1 aromatic heterocycles. The molecule has 0 amide bonds. The number of fused-ring (bicyclic) bond motifs is 1. The van der Waals surface area contributed by atoms with Crippen LogP contribution in [0.5, 0.6) is 5.75 Å². The molecule has 1 unspecified atom stereocenters. The highest BCUT2D eigenvalue weighted by Gasteiger charge is 2.35. The molecule has 0 saturated heterocycles. The maximum atomic E-state index is 9.58. The molecule has 0 spiro atoms. The number of carboxylic acid groups (broad SMARTS) is 1. The number of nitrogens with zero attached hydrogens (tertiary/aromatic N) is 1. The van der Waals surface area contributed by atoms with Gasteiger partial charge >= 0.3 is 0 Å². The summed E-state index contributed by atoms with van der Waals surface area (Å²) >= 11 is 0. The lowest BCUT2D eigenvalue weighted by Crippen LogP contribution is -2.33.